The first-order chi connectivity index (χ1) is 13.6. The number of carbonyl (C=O) groups excluding carboxylic acids is 2. The molecule has 2 amide bonds. The van der Waals surface area contributed by atoms with Gasteiger partial charge in [-0.05, 0) is 56.9 Å². The molecule has 1 aliphatic carbocycles. The van der Waals surface area contributed by atoms with Crippen molar-refractivity contribution >= 4 is 11.8 Å². The van der Waals surface area contributed by atoms with Gasteiger partial charge in [-0.2, -0.15) is 0 Å². The SMILES string of the molecule is O=C(c1ccc(=O)[nH]c1)N1CC[C@@H]2[C@@H](CCC(=O)N2CCC2=CCCCC2)C1. The number of carbonyl (C=O) groups is 2. The molecule has 1 N–H and O–H groups in total. The summed E-state index contributed by atoms with van der Waals surface area (Å²) in [6.45, 7) is 2.17. The van der Waals surface area contributed by atoms with Gasteiger partial charge in [0, 0.05) is 44.4 Å². The molecule has 4 rings (SSSR count). The first-order valence-corrected chi connectivity index (χ1v) is 10.6. The summed E-state index contributed by atoms with van der Waals surface area (Å²) in [4.78, 5) is 43.2. The van der Waals surface area contributed by atoms with Crippen LogP contribution in [0.25, 0.3) is 0 Å². The molecule has 1 aromatic heterocycles. The summed E-state index contributed by atoms with van der Waals surface area (Å²) in [5, 5.41) is 0. The number of amides is 2. The Morgan fingerprint density at radius 1 is 1.14 bits per heavy atom. The molecule has 0 spiro atoms. The largest absolute Gasteiger partial charge is 0.339 e. The maximum atomic E-state index is 12.8. The van der Waals surface area contributed by atoms with E-state index in [1.54, 1.807) is 6.07 Å². The van der Waals surface area contributed by atoms with E-state index in [2.05, 4.69) is 16.0 Å². The second-order valence-electron chi connectivity index (χ2n) is 8.29. The lowest BCUT2D eigenvalue weighted by atomic mass is 9.83. The molecule has 2 atom stereocenters. The van der Waals surface area contributed by atoms with Gasteiger partial charge in [0.15, 0.2) is 0 Å². The van der Waals surface area contributed by atoms with Gasteiger partial charge in [0.05, 0.1) is 5.56 Å². The van der Waals surface area contributed by atoms with E-state index in [0.717, 1.165) is 25.8 Å². The topological polar surface area (TPSA) is 73.5 Å². The molecule has 0 unspecified atom stereocenters. The lowest BCUT2D eigenvalue weighted by molar-refractivity contribution is -0.140. The Kier molecular flexibility index (Phi) is 5.64. The zero-order valence-corrected chi connectivity index (χ0v) is 16.4. The Morgan fingerprint density at radius 3 is 2.79 bits per heavy atom. The normalized spacial score (nSPS) is 25.3. The van der Waals surface area contributed by atoms with E-state index in [1.807, 2.05) is 4.90 Å². The van der Waals surface area contributed by atoms with Gasteiger partial charge >= 0.3 is 0 Å². The smallest absolute Gasteiger partial charge is 0.255 e. The molecule has 2 aliphatic heterocycles. The molecule has 0 aromatic carbocycles. The fraction of sp³-hybridized carbons (Fsp3) is 0.591. The van der Waals surface area contributed by atoms with Crippen LogP contribution in [0.2, 0.25) is 0 Å². The lowest BCUT2D eigenvalue weighted by Crippen LogP contribution is -2.57. The summed E-state index contributed by atoms with van der Waals surface area (Å²) in [5.74, 6) is 0.585. The van der Waals surface area contributed by atoms with Crippen molar-refractivity contribution in [2.75, 3.05) is 19.6 Å². The molecule has 150 valence electrons. The summed E-state index contributed by atoms with van der Waals surface area (Å²) in [6.07, 6.45) is 12.0. The fourth-order valence-electron chi connectivity index (χ4n) is 4.95. The first kappa shape index (κ1) is 19.0. The van der Waals surface area contributed by atoms with Crippen molar-refractivity contribution in [2.45, 2.75) is 57.4 Å². The van der Waals surface area contributed by atoms with Gasteiger partial charge in [-0.25, -0.2) is 0 Å². The van der Waals surface area contributed by atoms with Crippen molar-refractivity contribution in [3.63, 3.8) is 0 Å². The van der Waals surface area contributed by atoms with E-state index in [0.29, 0.717) is 31.0 Å². The molecule has 0 radical (unpaired) electrons. The minimum Gasteiger partial charge on any atom is -0.339 e. The number of nitrogens with zero attached hydrogens (tertiary/aromatic N) is 2. The van der Waals surface area contributed by atoms with Crippen LogP contribution in [0.3, 0.4) is 0 Å². The number of allylic oxidation sites excluding steroid dienone is 1. The molecule has 6 heteroatoms. The molecular formula is C22H29N3O3. The molecule has 2 saturated heterocycles. The summed E-state index contributed by atoms with van der Waals surface area (Å²) in [6, 6.07) is 3.23. The number of aromatic amines is 1. The average molecular weight is 383 g/mol. The monoisotopic (exact) mass is 383 g/mol. The standard InChI is InChI=1S/C22H29N3O3/c26-20-8-6-17(14-23-20)22(28)24-12-11-19-18(15-24)7-9-21(27)25(19)13-10-16-4-2-1-3-5-16/h4,6,8,14,18-19H,1-3,5,7,9-13,15H2,(H,23,26)/t18-,19+/m0/s1. The minimum atomic E-state index is -0.204. The van der Waals surface area contributed by atoms with Crippen molar-refractivity contribution in [1.82, 2.24) is 14.8 Å². The summed E-state index contributed by atoms with van der Waals surface area (Å²) in [7, 11) is 0. The van der Waals surface area contributed by atoms with Crippen LogP contribution in [0.1, 0.15) is 61.7 Å². The van der Waals surface area contributed by atoms with E-state index in [9.17, 15) is 14.4 Å². The number of H-pyrrole nitrogens is 1. The van der Waals surface area contributed by atoms with E-state index in [-0.39, 0.29) is 23.4 Å². The van der Waals surface area contributed by atoms with Crippen LogP contribution in [0.15, 0.2) is 34.8 Å². The number of hydrogen-bond acceptors (Lipinski definition) is 3. The highest BCUT2D eigenvalue weighted by Crippen LogP contribution is 2.32. The highest BCUT2D eigenvalue weighted by molar-refractivity contribution is 5.94. The Bertz CT molecular complexity index is 808. The number of aromatic nitrogens is 1. The second kappa shape index (κ2) is 8.33. The van der Waals surface area contributed by atoms with Crippen molar-refractivity contribution in [3.05, 3.63) is 45.9 Å². The molecule has 3 heterocycles. The zero-order valence-electron chi connectivity index (χ0n) is 16.4. The van der Waals surface area contributed by atoms with E-state index < -0.39 is 0 Å². The Hall–Kier alpha value is -2.37. The van der Waals surface area contributed by atoms with Crippen LogP contribution >= 0.6 is 0 Å². The first-order valence-electron chi connectivity index (χ1n) is 10.6. The number of fused-ring (bicyclic) bond motifs is 1. The number of nitrogens with one attached hydrogen (secondary N) is 1. The fourth-order valence-corrected chi connectivity index (χ4v) is 4.95. The summed E-state index contributed by atoms with van der Waals surface area (Å²) in [5.41, 5.74) is 1.82. The van der Waals surface area contributed by atoms with Crippen molar-refractivity contribution in [1.29, 1.82) is 0 Å². The maximum absolute atomic E-state index is 12.8. The van der Waals surface area contributed by atoms with Crippen LogP contribution in [0.5, 0.6) is 0 Å². The molecule has 0 bridgehead atoms. The Labute approximate surface area is 165 Å². The number of likely N-dealkylation sites (tertiary alicyclic amines) is 2. The van der Waals surface area contributed by atoms with Gasteiger partial charge in [0.2, 0.25) is 11.5 Å². The second-order valence-corrected chi connectivity index (χ2v) is 8.29. The zero-order chi connectivity index (χ0) is 19.5. The Morgan fingerprint density at radius 2 is 2.04 bits per heavy atom. The molecule has 28 heavy (non-hydrogen) atoms. The van der Waals surface area contributed by atoms with Crippen LogP contribution in [0, 0.1) is 5.92 Å². The number of pyridine rings is 1. The van der Waals surface area contributed by atoms with Gasteiger partial charge in [-0.3, -0.25) is 14.4 Å². The number of piperidine rings is 2. The highest BCUT2D eigenvalue weighted by atomic mass is 16.2. The Balaban J connectivity index is 1.39. The van der Waals surface area contributed by atoms with E-state index in [4.69, 9.17) is 0 Å². The lowest BCUT2D eigenvalue weighted by Gasteiger charge is -2.47. The van der Waals surface area contributed by atoms with Gasteiger partial charge in [-0.1, -0.05) is 11.6 Å². The van der Waals surface area contributed by atoms with Crippen LogP contribution < -0.4 is 5.56 Å². The predicted molar refractivity (Wildman–Crippen MR) is 107 cm³/mol. The molecule has 2 fully saturated rings. The third kappa shape index (κ3) is 4.05. The third-order valence-electron chi connectivity index (χ3n) is 6.52. The number of rotatable bonds is 4. The molecule has 1 aromatic rings. The number of hydrogen-bond donors (Lipinski definition) is 1. The maximum Gasteiger partial charge on any atom is 0.255 e. The average Bonchev–Trinajstić information content (AvgIpc) is 2.73. The molecule has 0 saturated carbocycles. The van der Waals surface area contributed by atoms with Gasteiger partial charge in [0.25, 0.3) is 5.91 Å². The third-order valence-corrected chi connectivity index (χ3v) is 6.52. The molecule has 6 nitrogen and oxygen atoms in total. The van der Waals surface area contributed by atoms with E-state index >= 15 is 0 Å². The van der Waals surface area contributed by atoms with Crippen LogP contribution in [-0.4, -0.2) is 52.3 Å². The quantitative estimate of drug-likeness (QED) is 0.813. The van der Waals surface area contributed by atoms with Crippen molar-refractivity contribution < 1.29 is 9.59 Å². The van der Waals surface area contributed by atoms with E-state index in [1.165, 1.54) is 43.5 Å². The van der Waals surface area contributed by atoms with Gasteiger partial charge in [-0.15, -0.1) is 0 Å². The molecular weight excluding hydrogens is 354 g/mol. The minimum absolute atomic E-state index is 0.0366. The van der Waals surface area contributed by atoms with Crippen molar-refractivity contribution in [3.8, 4) is 0 Å². The predicted octanol–water partition coefficient (Wildman–Crippen LogP) is 2.72. The highest BCUT2D eigenvalue weighted by Gasteiger charge is 2.40. The van der Waals surface area contributed by atoms with Gasteiger partial charge in [0.1, 0.15) is 0 Å². The van der Waals surface area contributed by atoms with Crippen molar-refractivity contribution in [2.24, 2.45) is 5.92 Å². The summed E-state index contributed by atoms with van der Waals surface area (Å²) >= 11 is 0. The van der Waals surface area contributed by atoms with Crippen LogP contribution in [0.4, 0.5) is 0 Å². The molecule has 3 aliphatic rings. The van der Waals surface area contributed by atoms with Crippen LogP contribution in [-0.2, 0) is 4.79 Å². The summed E-state index contributed by atoms with van der Waals surface area (Å²) < 4.78 is 0. The van der Waals surface area contributed by atoms with Gasteiger partial charge < -0.3 is 14.8 Å².